The number of anilines is 1. The van der Waals surface area contributed by atoms with E-state index in [-0.39, 0.29) is 10.6 Å². The fourth-order valence-corrected chi connectivity index (χ4v) is 2.44. The molecule has 0 unspecified atom stereocenters. The average Bonchev–Trinajstić information content (AvgIpc) is 2.46. The minimum Gasteiger partial charge on any atom is -0.369 e. The number of nitrogens with zero attached hydrogens (tertiary/aromatic N) is 3. The first-order valence-electron chi connectivity index (χ1n) is 6.48. The molecular formula is C13H18ClN3O2. The standard InChI is InChI=1S/C13H18ClN3O2/c14-5-2-6-15-7-9-16(10-8-15)12-3-1-4-13(11-12)17(18)19/h1,3-4,11H,2,5-10H2. The van der Waals surface area contributed by atoms with Crippen LogP contribution >= 0.6 is 11.6 Å². The largest absolute Gasteiger partial charge is 0.369 e. The summed E-state index contributed by atoms with van der Waals surface area (Å²) in [6, 6.07) is 6.85. The minimum atomic E-state index is -0.347. The van der Waals surface area contributed by atoms with E-state index < -0.39 is 0 Å². The summed E-state index contributed by atoms with van der Waals surface area (Å²) in [5, 5.41) is 10.8. The van der Waals surface area contributed by atoms with E-state index in [0.29, 0.717) is 5.88 Å². The smallest absolute Gasteiger partial charge is 0.271 e. The van der Waals surface area contributed by atoms with E-state index in [1.807, 2.05) is 6.07 Å². The van der Waals surface area contributed by atoms with Crippen LogP contribution in [0.3, 0.4) is 0 Å². The molecule has 0 aliphatic carbocycles. The molecule has 0 N–H and O–H groups in total. The van der Waals surface area contributed by atoms with Crippen molar-refractivity contribution < 1.29 is 4.92 Å². The van der Waals surface area contributed by atoms with Crippen molar-refractivity contribution >= 4 is 23.0 Å². The Kier molecular flexibility index (Phi) is 4.99. The Morgan fingerprint density at radius 2 is 2.00 bits per heavy atom. The number of halogens is 1. The molecule has 0 saturated carbocycles. The van der Waals surface area contributed by atoms with Gasteiger partial charge in [0.15, 0.2) is 0 Å². The molecular weight excluding hydrogens is 266 g/mol. The molecule has 5 nitrogen and oxygen atoms in total. The van der Waals surface area contributed by atoms with E-state index in [0.717, 1.165) is 44.8 Å². The predicted molar refractivity (Wildman–Crippen MR) is 77.1 cm³/mol. The lowest BCUT2D eigenvalue weighted by atomic mass is 10.2. The highest BCUT2D eigenvalue weighted by Crippen LogP contribution is 2.22. The van der Waals surface area contributed by atoms with Gasteiger partial charge in [-0.2, -0.15) is 0 Å². The third-order valence-corrected chi connectivity index (χ3v) is 3.65. The molecule has 2 rings (SSSR count). The molecule has 1 fully saturated rings. The Hall–Kier alpha value is -1.33. The number of benzene rings is 1. The number of alkyl halides is 1. The van der Waals surface area contributed by atoms with Gasteiger partial charge in [-0.1, -0.05) is 6.07 Å². The van der Waals surface area contributed by atoms with Crippen molar-refractivity contribution in [2.24, 2.45) is 0 Å². The normalized spacial score (nSPS) is 16.6. The van der Waals surface area contributed by atoms with E-state index in [1.54, 1.807) is 12.1 Å². The first-order chi connectivity index (χ1) is 9.20. The zero-order valence-electron chi connectivity index (χ0n) is 10.8. The van der Waals surface area contributed by atoms with Crippen LogP contribution in [0.4, 0.5) is 11.4 Å². The number of rotatable bonds is 5. The predicted octanol–water partition coefficient (Wildman–Crippen LogP) is 2.35. The van der Waals surface area contributed by atoms with Gasteiger partial charge >= 0.3 is 0 Å². The monoisotopic (exact) mass is 283 g/mol. The maximum absolute atomic E-state index is 10.8. The number of non-ortho nitro benzene ring substituents is 1. The lowest BCUT2D eigenvalue weighted by molar-refractivity contribution is -0.384. The van der Waals surface area contributed by atoms with Crippen LogP contribution in [0.1, 0.15) is 6.42 Å². The van der Waals surface area contributed by atoms with Crippen LogP contribution in [0.5, 0.6) is 0 Å². The van der Waals surface area contributed by atoms with Crippen LogP contribution < -0.4 is 4.90 Å². The fourth-order valence-electron chi connectivity index (χ4n) is 2.32. The molecule has 1 aliphatic heterocycles. The number of nitro benzene ring substituents is 1. The molecule has 0 amide bonds. The quantitative estimate of drug-likeness (QED) is 0.473. The van der Waals surface area contributed by atoms with Gasteiger partial charge in [0.1, 0.15) is 0 Å². The van der Waals surface area contributed by atoms with Gasteiger partial charge in [-0.25, -0.2) is 0 Å². The highest BCUT2D eigenvalue weighted by atomic mass is 35.5. The van der Waals surface area contributed by atoms with Crippen LogP contribution in [-0.2, 0) is 0 Å². The van der Waals surface area contributed by atoms with Crippen molar-refractivity contribution in [2.75, 3.05) is 43.5 Å². The van der Waals surface area contributed by atoms with Crippen LogP contribution in [0, 0.1) is 10.1 Å². The van der Waals surface area contributed by atoms with Crippen LogP contribution in [0.15, 0.2) is 24.3 Å². The Morgan fingerprint density at radius 1 is 1.26 bits per heavy atom. The molecule has 0 bridgehead atoms. The Bertz CT molecular complexity index is 434. The van der Waals surface area contributed by atoms with Crippen molar-refractivity contribution in [3.05, 3.63) is 34.4 Å². The SMILES string of the molecule is O=[N+]([O-])c1cccc(N2CCN(CCCCl)CC2)c1. The third-order valence-electron chi connectivity index (χ3n) is 3.39. The molecule has 19 heavy (non-hydrogen) atoms. The lowest BCUT2D eigenvalue weighted by Gasteiger charge is -2.35. The summed E-state index contributed by atoms with van der Waals surface area (Å²) in [6.45, 7) is 4.82. The van der Waals surface area contributed by atoms with Crippen molar-refractivity contribution in [3.63, 3.8) is 0 Å². The molecule has 1 aliphatic rings. The molecule has 0 aromatic heterocycles. The summed E-state index contributed by atoms with van der Waals surface area (Å²) in [7, 11) is 0. The summed E-state index contributed by atoms with van der Waals surface area (Å²) < 4.78 is 0. The number of nitro groups is 1. The Balaban J connectivity index is 1.94. The molecule has 0 spiro atoms. The first-order valence-corrected chi connectivity index (χ1v) is 7.02. The van der Waals surface area contributed by atoms with E-state index in [4.69, 9.17) is 11.6 Å². The lowest BCUT2D eigenvalue weighted by Crippen LogP contribution is -2.46. The summed E-state index contributed by atoms with van der Waals surface area (Å²) in [6.07, 6.45) is 1.01. The van der Waals surface area contributed by atoms with Gasteiger partial charge in [0, 0.05) is 49.9 Å². The summed E-state index contributed by atoms with van der Waals surface area (Å²) in [5.41, 5.74) is 1.09. The van der Waals surface area contributed by atoms with Crippen molar-refractivity contribution in [1.82, 2.24) is 4.90 Å². The molecule has 0 radical (unpaired) electrons. The zero-order chi connectivity index (χ0) is 13.7. The van der Waals surface area contributed by atoms with Crippen molar-refractivity contribution in [1.29, 1.82) is 0 Å². The fraction of sp³-hybridized carbons (Fsp3) is 0.538. The number of hydrogen-bond donors (Lipinski definition) is 0. The highest BCUT2D eigenvalue weighted by molar-refractivity contribution is 6.17. The first kappa shape index (κ1) is 14.1. The molecule has 1 aromatic carbocycles. The minimum absolute atomic E-state index is 0.155. The summed E-state index contributed by atoms with van der Waals surface area (Å²) >= 11 is 5.69. The second kappa shape index (κ2) is 6.73. The molecule has 1 heterocycles. The third kappa shape index (κ3) is 3.81. The van der Waals surface area contributed by atoms with Crippen LogP contribution in [-0.4, -0.2) is 48.4 Å². The summed E-state index contributed by atoms with van der Waals surface area (Å²) in [4.78, 5) is 15.0. The molecule has 1 saturated heterocycles. The zero-order valence-corrected chi connectivity index (χ0v) is 11.6. The van der Waals surface area contributed by atoms with Crippen molar-refractivity contribution in [2.45, 2.75) is 6.42 Å². The van der Waals surface area contributed by atoms with Crippen molar-refractivity contribution in [3.8, 4) is 0 Å². The Morgan fingerprint density at radius 3 is 2.63 bits per heavy atom. The maximum Gasteiger partial charge on any atom is 0.271 e. The van der Waals surface area contributed by atoms with E-state index in [1.165, 1.54) is 6.07 Å². The molecule has 6 heteroatoms. The van der Waals surface area contributed by atoms with E-state index in [2.05, 4.69) is 9.80 Å². The van der Waals surface area contributed by atoms with Gasteiger partial charge in [-0.05, 0) is 19.0 Å². The van der Waals surface area contributed by atoms with Gasteiger partial charge in [-0.3, -0.25) is 15.0 Å². The second-order valence-corrected chi connectivity index (χ2v) is 5.03. The number of piperazine rings is 1. The van der Waals surface area contributed by atoms with Gasteiger partial charge in [0.2, 0.25) is 0 Å². The van der Waals surface area contributed by atoms with Gasteiger partial charge < -0.3 is 4.90 Å². The Labute approximate surface area is 117 Å². The second-order valence-electron chi connectivity index (χ2n) is 4.65. The van der Waals surface area contributed by atoms with Gasteiger partial charge in [-0.15, -0.1) is 11.6 Å². The van der Waals surface area contributed by atoms with Crippen LogP contribution in [0.2, 0.25) is 0 Å². The highest BCUT2D eigenvalue weighted by Gasteiger charge is 2.18. The van der Waals surface area contributed by atoms with E-state index in [9.17, 15) is 10.1 Å². The van der Waals surface area contributed by atoms with Crippen LogP contribution in [0.25, 0.3) is 0 Å². The van der Waals surface area contributed by atoms with Gasteiger partial charge in [0.25, 0.3) is 5.69 Å². The van der Waals surface area contributed by atoms with E-state index >= 15 is 0 Å². The molecule has 104 valence electrons. The number of hydrogen-bond acceptors (Lipinski definition) is 4. The summed E-state index contributed by atoms with van der Waals surface area (Å²) in [5.74, 6) is 0.699. The maximum atomic E-state index is 10.8. The topological polar surface area (TPSA) is 49.6 Å². The molecule has 0 atom stereocenters. The van der Waals surface area contributed by atoms with Gasteiger partial charge in [0.05, 0.1) is 4.92 Å². The average molecular weight is 284 g/mol. The molecule has 1 aromatic rings.